The summed E-state index contributed by atoms with van der Waals surface area (Å²) in [7, 11) is 0. The third-order valence-electron chi connectivity index (χ3n) is 5.05. The number of fused-ring (bicyclic) bond motifs is 2. The maximum absolute atomic E-state index is 12.6. The van der Waals surface area contributed by atoms with E-state index in [1.54, 1.807) is 6.92 Å². The third kappa shape index (κ3) is 2.87. The van der Waals surface area contributed by atoms with Crippen LogP contribution in [0.15, 0.2) is 29.1 Å². The first-order valence-corrected chi connectivity index (χ1v) is 8.70. The number of benzene rings is 1. The lowest BCUT2D eigenvalue weighted by atomic mass is 10.1. The zero-order valence-corrected chi connectivity index (χ0v) is 14.4. The Morgan fingerprint density at radius 2 is 2.08 bits per heavy atom. The van der Waals surface area contributed by atoms with E-state index in [1.165, 1.54) is 21.9 Å². The Kier molecular flexibility index (Phi) is 3.92. The predicted molar refractivity (Wildman–Crippen MR) is 93.5 cm³/mol. The summed E-state index contributed by atoms with van der Waals surface area (Å²) in [6, 6.07) is 6.84. The van der Waals surface area contributed by atoms with E-state index in [2.05, 4.69) is 16.5 Å². The lowest BCUT2D eigenvalue weighted by Crippen LogP contribution is -2.34. The van der Waals surface area contributed by atoms with Gasteiger partial charge in [-0.15, -0.1) is 0 Å². The second kappa shape index (κ2) is 6.11. The average Bonchev–Trinajstić information content (AvgIpc) is 3.20. The normalized spacial score (nSPS) is 19.4. The first-order chi connectivity index (χ1) is 12.0. The van der Waals surface area contributed by atoms with E-state index in [0.717, 1.165) is 36.2 Å². The predicted octanol–water partition coefficient (Wildman–Crippen LogP) is 2.52. The molecule has 1 N–H and O–H groups in total. The van der Waals surface area contributed by atoms with Crippen molar-refractivity contribution in [2.45, 2.75) is 51.9 Å². The molecule has 2 aromatic rings. The van der Waals surface area contributed by atoms with Gasteiger partial charge in [0.15, 0.2) is 0 Å². The van der Waals surface area contributed by atoms with E-state index in [4.69, 9.17) is 4.74 Å². The van der Waals surface area contributed by atoms with E-state index in [-0.39, 0.29) is 17.6 Å². The molecular formula is C19H21N3O3. The van der Waals surface area contributed by atoms with Crippen molar-refractivity contribution in [3.8, 4) is 0 Å². The number of hydrogen-bond acceptors (Lipinski definition) is 4. The van der Waals surface area contributed by atoms with Crippen molar-refractivity contribution >= 4 is 11.6 Å². The van der Waals surface area contributed by atoms with Crippen molar-refractivity contribution in [1.82, 2.24) is 9.78 Å². The summed E-state index contributed by atoms with van der Waals surface area (Å²) in [5, 5.41) is 7.28. The van der Waals surface area contributed by atoms with E-state index >= 15 is 0 Å². The number of carbonyl (C=O) groups excluding carboxylic acids is 1. The van der Waals surface area contributed by atoms with E-state index in [9.17, 15) is 9.59 Å². The van der Waals surface area contributed by atoms with Crippen LogP contribution in [-0.4, -0.2) is 15.7 Å². The second-order valence-corrected chi connectivity index (χ2v) is 6.79. The SMILES string of the molecule is C[C@@H]1OCc2cc(=O)n([C@@H](C)C(=O)Nc3ccc4c(c3)CCC4)nc21. The summed E-state index contributed by atoms with van der Waals surface area (Å²) in [5.41, 5.74) is 4.68. The van der Waals surface area contributed by atoms with Crippen LogP contribution in [-0.2, 0) is 29.0 Å². The maximum atomic E-state index is 12.6. The van der Waals surface area contributed by atoms with Gasteiger partial charge in [-0.2, -0.15) is 5.10 Å². The first-order valence-electron chi connectivity index (χ1n) is 8.70. The Morgan fingerprint density at radius 3 is 2.92 bits per heavy atom. The lowest BCUT2D eigenvalue weighted by Gasteiger charge is -2.16. The van der Waals surface area contributed by atoms with Gasteiger partial charge in [-0.05, 0) is 56.4 Å². The standard InChI is InChI=1S/C19H21N3O3/c1-11(22-17(23)9-15-10-25-12(2)18(15)21-22)19(24)20-16-7-6-13-4-3-5-14(13)8-16/h6-9,11-12H,3-5,10H2,1-2H3,(H,20,24)/t11-,12-/m0/s1. The van der Waals surface area contributed by atoms with Gasteiger partial charge in [0.2, 0.25) is 5.91 Å². The molecule has 0 spiro atoms. The monoisotopic (exact) mass is 339 g/mol. The molecule has 1 aliphatic carbocycles. The number of aromatic nitrogens is 2. The van der Waals surface area contributed by atoms with Crippen LogP contribution < -0.4 is 10.9 Å². The summed E-state index contributed by atoms with van der Waals surface area (Å²) in [6.07, 6.45) is 3.17. The van der Waals surface area contributed by atoms with Crippen LogP contribution >= 0.6 is 0 Å². The van der Waals surface area contributed by atoms with Crippen molar-refractivity contribution < 1.29 is 9.53 Å². The summed E-state index contributed by atoms with van der Waals surface area (Å²) in [6.45, 7) is 3.97. The van der Waals surface area contributed by atoms with Crippen LogP contribution in [0.1, 0.15) is 54.8 Å². The maximum Gasteiger partial charge on any atom is 0.267 e. The van der Waals surface area contributed by atoms with Crippen LogP contribution in [0, 0.1) is 0 Å². The molecule has 2 aliphatic rings. The van der Waals surface area contributed by atoms with Crippen LogP contribution in [0.2, 0.25) is 0 Å². The minimum Gasteiger partial charge on any atom is -0.367 e. The second-order valence-electron chi connectivity index (χ2n) is 6.79. The molecule has 4 rings (SSSR count). The molecule has 6 nitrogen and oxygen atoms in total. The van der Waals surface area contributed by atoms with Crippen LogP contribution in [0.3, 0.4) is 0 Å². The van der Waals surface area contributed by atoms with Crippen LogP contribution in [0.4, 0.5) is 5.69 Å². The number of anilines is 1. The molecule has 25 heavy (non-hydrogen) atoms. The molecule has 2 heterocycles. The topological polar surface area (TPSA) is 73.2 Å². The number of nitrogens with zero attached hydrogens (tertiary/aromatic N) is 2. The molecule has 0 saturated carbocycles. The van der Waals surface area contributed by atoms with Crippen molar-refractivity contribution in [2.75, 3.05) is 5.32 Å². The van der Waals surface area contributed by atoms with Crippen LogP contribution in [0.25, 0.3) is 0 Å². The van der Waals surface area contributed by atoms with Gasteiger partial charge < -0.3 is 10.1 Å². The molecule has 1 aromatic heterocycles. The molecule has 1 amide bonds. The molecule has 130 valence electrons. The molecule has 0 radical (unpaired) electrons. The number of rotatable bonds is 3. The molecule has 1 aromatic carbocycles. The first kappa shape index (κ1) is 16.0. The number of hydrogen-bond donors (Lipinski definition) is 1. The highest BCUT2D eigenvalue weighted by Crippen LogP contribution is 2.27. The van der Waals surface area contributed by atoms with Crippen molar-refractivity contribution in [2.24, 2.45) is 0 Å². The molecule has 2 atom stereocenters. The smallest absolute Gasteiger partial charge is 0.267 e. The van der Waals surface area contributed by atoms with Crippen molar-refractivity contribution in [3.63, 3.8) is 0 Å². The largest absolute Gasteiger partial charge is 0.367 e. The number of ether oxygens (including phenoxy) is 1. The summed E-state index contributed by atoms with van der Waals surface area (Å²) in [5.74, 6) is -0.251. The van der Waals surface area contributed by atoms with Gasteiger partial charge in [0.05, 0.1) is 18.4 Å². The van der Waals surface area contributed by atoms with E-state index in [1.807, 2.05) is 19.1 Å². The number of amides is 1. The average molecular weight is 339 g/mol. The highest BCUT2D eigenvalue weighted by atomic mass is 16.5. The Bertz CT molecular complexity index is 903. The van der Waals surface area contributed by atoms with Gasteiger partial charge in [0, 0.05) is 17.3 Å². The Labute approximate surface area is 145 Å². The molecule has 0 bridgehead atoms. The fraction of sp³-hybridized carbons (Fsp3) is 0.421. The zero-order chi connectivity index (χ0) is 17.6. The van der Waals surface area contributed by atoms with Gasteiger partial charge in [0.1, 0.15) is 6.04 Å². The molecule has 0 fully saturated rings. The van der Waals surface area contributed by atoms with Gasteiger partial charge in [-0.3, -0.25) is 9.59 Å². The summed E-state index contributed by atoms with van der Waals surface area (Å²) in [4.78, 5) is 24.9. The highest BCUT2D eigenvalue weighted by Gasteiger charge is 2.26. The van der Waals surface area contributed by atoms with Crippen molar-refractivity contribution in [3.05, 3.63) is 57.0 Å². The molecule has 6 heteroatoms. The quantitative estimate of drug-likeness (QED) is 0.932. The van der Waals surface area contributed by atoms with E-state index < -0.39 is 6.04 Å². The number of aryl methyl sites for hydroxylation is 2. The number of carbonyl (C=O) groups is 1. The minimum absolute atomic E-state index is 0.158. The molecule has 1 aliphatic heterocycles. The Hall–Kier alpha value is -2.47. The Morgan fingerprint density at radius 1 is 1.28 bits per heavy atom. The van der Waals surface area contributed by atoms with Gasteiger partial charge in [-0.25, -0.2) is 4.68 Å². The van der Waals surface area contributed by atoms with Gasteiger partial charge >= 0.3 is 0 Å². The van der Waals surface area contributed by atoms with E-state index in [0.29, 0.717) is 6.61 Å². The molecular weight excluding hydrogens is 318 g/mol. The van der Waals surface area contributed by atoms with Gasteiger partial charge in [0.25, 0.3) is 5.56 Å². The third-order valence-corrected chi connectivity index (χ3v) is 5.05. The molecule has 0 saturated heterocycles. The fourth-order valence-corrected chi connectivity index (χ4v) is 3.56. The fourth-order valence-electron chi connectivity index (χ4n) is 3.56. The molecule has 0 unspecified atom stereocenters. The minimum atomic E-state index is -0.696. The zero-order valence-electron chi connectivity index (χ0n) is 14.4. The van der Waals surface area contributed by atoms with Crippen molar-refractivity contribution in [1.29, 1.82) is 0 Å². The summed E-state index contributed by atoms with van der Waals surface area (Å²) < 4.78 is 6.74. The Balaban J connectivity index is 1.57. The highest BCUT2D eigenvalue weighted by molar-refractivity contribution is 5.93. The van der Waals surface area contributed by atoms with Gasteiger partial charge in [-0.1, -0.05) is 6.07 Å². The van der Waals surface area contributed by atoms with Crippen LogP contribution in [0.5, 0.6) is 0 Å². The number of nitrogens with one attached hydrogen (secondary N) is 1. The summed E-state index contributed by atoms with van der Waals surface area (Å²) >= 11 is 0. The lowest BCUT2D eigenvalue weighted by molar-refractivity contribution is -0.119.